The number of hydrogen-bond donors (Lipinski definition) is 1. The first-order chi connectivity index (χ1) is 9.13. The molecule has 0 unspecified atom stereocenters. The van der Waals surface area contributed by atoms with Gasteiger partial charge in [-0.05, 0) is 36.5 Å². The van der Waals surface area contributed by atoms with Gasteiger partial charge in [-0.15, -0.1) is 0 Å². The quantitative estimate of drug-likeness (QED) is 0.544. The van der Waals surface area contributed by atoms with Crippen LogP contribution in [0, 0.1) is 0 Å². The predicted octanol–water partition coefficient (Wildman–Crippen LogP) is 4.69. The van der Waals surface area contributed by atoms with Crippen molar-refractivity contribution in [1.29, 1.82) is 0 Å². The van der Waals surface area contributed by atoms with Gasteiger partial charge in [0.25, 0.3) is 0 Å². The third-order valence-corrected chi connectivity index (χ3v) is 3.32. The van der Waals surface area contributed by atoms with E-state index in [0.717, 1.165) is 17.6 Å². The van der Waals surface area contributed by atoms with E-state index in [2.05, 4.69) is 19.1 Å². The summed E-state index contributed by atoms with van der Waals surface area (Å²) in [5.74, 6) is -0.891. The minimum Gasteiger partial charge on any atom is -0.478 e. The first-order valence-electron chi connectivity index (χ1n) is 7.14. The molecule has 0 saturated heterocycles. The zero-order valence-corrected chi connectivity index (χ0v) is 12.0. The zero-order valence-electron chi connectivity index (χ0n) is 12.0. The van der Waals surface area contributed by atoms with Crippen LogP contribution in [0.2, 0.25) is 0 Å². The largest absolute Gasteiger partial charge is 0.478 e. The molecule has 1 N–H and O–H groups in total. The molecule has 0 aliphatic heterocycles. The summed E-state index contributed by atoms with van der Waals surface area (Å²) in [5.41, 5.74) is 3.11. The van der Waals surface area contributed by atoms with Gasteiger partial charge in [-0.2, -0.15) is 0 Å². The molecule has 0 aromatic heterocycles. The molecule has 0 fully saturated rings. The molecule has 0 saturated carbocycles. The number of unbranched alkanes of at least 4 members (excludes halogenated alkanes) is 4. The Morgan fingerprint density at radius 3 is 2.32 bits per heavy atom. The first-order valence-corrected chi connectivity index (χ1v) is 7.14. The van der Waals surface area contributed by atoms with Gasteiger partial charge in [0.05, 0.1) is 0 Å². The fourth-order valence-electron chi connectivity index (χ4n) is 2.14. The number of rotatable bonds is 8. The van der Waals surface area contributed by atoms with Gasteiger partial charge in [0.1, 0.15) is 0 Å². The van der Waals surface area contributed by atoms with Crippen LogP contribution < -0.4 is 0 Å². The SMILES string of the molecule is CCCCCCCc1ccc(C(C)=CC(=O)O)cc1. The Bertz CT molecular complexity index is 415. The lowest BCUT2D eigenvalue weighted by atomic mass is 10.0. The second-order valence-electron chi connectivity index (χ2n) is 5.03. The third kappa shape index (κ3) is 6.23. The van der Waals surface area contributed by atoms with Crippen molar-refractivity contribution in [1.82, 2.24) is 0 Å². The van der Waals surface area contributed by atoms with E-state index in [1.165, 1.54) is 43.7 Å². The smallest absolute Gasteiger partial charge is 0.328 e. The van der Waals surface area contributed by atoms with E-state index < -0.39 is 5.97 Å². The summed E-state index contributed by atoms with van der Waals surface area (Å²) < 4.78 is 0. The van der Waals surface area contributed by atoms with Crippen molar-refractivity contribution in [3.63, 3.8) is 0 Å². The predicted molar refractivity (Wildman–Crippen MR) is 80.2 cm³/mol. The maximum absolute atomic E-state index is 10.6. The van der Waals surface area contributed by atoms with E-state index in [1.807, 2.05) is 19.1 Å². The molecule has 0 amide bonds. The number of hydrogen-bond acceptors (Lipinski definition) is 1. The van der Waals surface area contributed by atoms with Crippen LogP contribution in [0.1, 0.15) is 57.1 Å². The summed E-state index contributed by atoms with van der Waals surface area (Å²) in [6, 6.07) is 8.23. The van der Waals surface area contributed by atoms with Crippen LogP contribution in [-0.2, 0) is 11.2 Å². The summed E-state index contributed by atoms with van der Waals surface area (Å²) in [5, 5.41) is 8.71. The Balaban J connectivity index is 2.45. The fourth-order valence-corrected chi connectivity index (χ4v) is 2.14. The summed E-state index contributed by atoms with van der Waals surface area (Å²) in [6.07, 6.45) is 8.85. The first kappa shape index (κ1) is 15.5. The van der Waals surface area contributed by atoms with Crippen molar-refractivity contribution in [3.05, 3.63) is 41.5 Å². The molecule has 1 rings (SSSR count). The van der Waals surface area contributed by atoms with Crippen LogP contribution in [-0.4, -0.2) is 11.1 Å². The lowest BCUT2D eigenvalue weighted by Crippen LogP contribution is -1.91. The highest BCUT2D eigenvalue weighted by Crippen LogP contribution is 2.16. The molecule has 1 aromatic carbocycles. The molecule has 0 aliphatic rings. The van der Waals surface area contributed by atoms with Gasteiger partial charge >= 0.3 is 5.97 Å². The number of benzene rings is 1. The van der Waals surface area contributed by atoms with Gasteiger partial charge in [0.2, 0.25) is 0 Å². The molecule has 1 aromatic rings. The highest BCUT2D eigenvalue weighted by atomic mass is 16.4. The van der Waals surface area contributed by atoms with Crippen molar-refractivity contribution in [2.75, 3.05) is 0 Å². The lowest BCUT2D eigenvalue weighted by molar-refractivity contribution is -0.131. The molecule has 0 bridgehead atoms. The summed E-state index contributed by atoms with van der Waals surface area (Å²) in [4.78, 5) is 10.6. The minimum atomic E-state index is -0.891. The highest BCUT2D eigenvalue weighted by molar-refractivity contribution is 5.89. The van der Waals surface area contributed by atoms with Gasteiger partial charge in [0, 0.05) is 6.08 Å². The Hall–Kier alpha value is -1.57. The van der Waals surface area contributed by atoms with Crippen LogP contribution in [0.3, 0.4) is 0 Å². The van der Waals surface area contributed by atoms with Gasteiger partial charge in [0.15, 0.2) is 0 Å². The Morgan fingerprint density at radius 1 is 1.11 bits per heavy atom. The number of allylic oxidation sites excluding steroid dienone is 1. The zero-order chi connectivity index (χ0) is 14.1. The van der Waals surface area contributed by atoms with Gasteiger partial charge < -0.3 is 5.11 Å². The van der Waals surface area contributed by atoms with Crippen LogP contribution in [0.15, 0.2) is 30.3 Å². The van der Waals surface area contributed by atoms with Gasteiger partial charge in [-0.1, -0.05) is 56.9 Å². The maximum Gasteiger partial charge on any atom is 0.328 e. The van der Waals surface area contributed by atoms with Gasteiger partial charge in [-0.25, -0.2) is 4.79 Å². The van der Waals surface area contributed by atoms with Crippen molar-refractivity contribution >= 4 is 11.5 Å². The molecule has 2 nitrogen and oxygen atoms in total. The Labute approximate surface area is 116 Å². The van der Waals surface area contributed by atoms with E-state index in [-0.39, 0.29) is 0 Å². The molecule has 2 heteroatoms. The monoisotopic (exact) mass is 260 g/mol. The van der Waals surface area contributed by atoms with Crippen LogP contribution in [0.4, 0.5) is 0 Å². The topological polar surface area (TPSA) is 37.3 Å². The van der Waals surface area contributed by atoms with Crippen molar-refractivity contribution < 1.29 is 9.90 Å². The van der Waals surface area contributed by atoms with E-state index in [1.54, 1.807) is 0 Å². The normalized spacial score (nSPS) is 11.6. The molecule has 104 valence electrons. The van der Waals surface area contributed by atoms with Crippen molar-refractivity contribution in [3.8, 4) is 0 Å². The number of carbonyl (C=O) groups is 1. The summed E-state index contributed by atoms with van der Waals surface area (Å²) in [7, 11) is 0. The fraction of sp³-hybridized carbons (Fsp3) is 0.471. The highest BCUT2D eigenvalue weighted by Gasteiger charge is 1.99. The molecular weight excluding hydrogens is 236 g/mol. The van der Waals surface area contributed by atoms with E-state index in [0.29, 0.717) is 0 Å². The van der Waals surface area contributed by atoms with Crippen molar-refractivity contribution in [2.24, 2.45) is 0 Å². The molecule has 19 heavy (non-hydrogen) atoms. The van der Waals surface area contributed by atoms with Crippen molar-refractivity contribution in [2.45, 2.75) is 52.4 Å². The average Bonchev–Trinajstić information content (AvgIpc) is 2.38. The molecular formula is C17H24O2. The number of aliphatic carboxylic acids is 1. The lowest BCUT2D eigenvalue weighted by Gasteiger charge is -2.04. The number of carboxylic acid groups (broad SMARTS) is 1. The minimum absolute atomic E-state index is 0.794. The standard InChI is InChI=1S/C17H24O2/c1-3-4-5-6-7-8-15-9-11-16(12-10-15)14(2)13-17(18)19/h9-13H,3-8H2,1-2H3,(H,18,19). The summed E-state index contributed by atoms with van der Waals surface area (Å²) in [6.45, 7) is 4.06. The number of aryl methyl sites for hydroxylation is 1. The van der Waals surface area contributed by atoms with E-state index in [4.69, 9.17) is 5.11 Å². The summed E-state index contributed by atoms with van der Waals surface area (Å²) >= 11 is 0. The van der Waals surface area contributed by atoms with E-state index >= 15 is 0 Å². The molecule has 0 spiro atoms. The molecule has 0 aliphatic carbocycles. The maximum atomic E-state index is 10.6. The molecule has 0 heterocycles. The van der Waals surface area contributed by atoms with E-state index in [9.17, 15) is 4.79 Å². The average molecular weight is 260 g/mol. The van der Waals surface area contributed by atoms with Gasteiger partial charge in [-0.3, -0.25) is 0 Å². The van der Waals surface area contributed by atoms with Crippen LogP contribution in [0.25, 0.3) is 5.57 Å². The Kier molecular flexibility index (Phi) is 6.94. The second-order valence-corrected chi connectivity index (χ2v) is 5.03. The molecule has 0 radical (unpaired) electrons. The molecule has 0 atom stereocenters. The second kappa shape index (κ2) is 8.52. The Morgan fingerprint density at radius 2 is 1.74 bits per heavy atom. The van der Waals surface area contributed by atoms with Crippen LogP contribution >= 0.6 is 0 Å². The number of carboxylic acids is 1. The van der Waals surface area contributed by atoms with Crippen LogP contribution in [0.5, 0.6) is 0 Å². The third-order valence-electron chi connectivity index (χ3n) is 3.32.